The second-order valence-electron chi connectivity index (χ2n) is 3.00. The van der Waals surface area contributed by atoms with Gasteiger partial charge in [-0.1, -0.05) is 11.6 Å². The van der Waals surface area contributed by atoms with Crippen molar-refractivity contribution in [1.82, 2.24) is 4.98 Å². The lowest BCUT2D eigenvalue weighted by molar-refractivity contribution is 0.190. The molecule has 1 aromatic rings. The van der Waals surface area contributed by atoms with Gasteiger partial charge in [0.15, 0.2) is 0 Å². The summed E-state index contributed by atoms with van der Waals surface area (Å²) in [5, 5.41) is 3.70. The van der Waals surface area contributed by atoms with Crippen LogP contribution < -0.4 is 5.32 Å². The lowest BCUT2D eigenvalue weighted by Crippen LogP contribution is -2.20. The number of halogens is 2. The number of nitrogens with zero attached hydrogens (tertiary/aromatic N) is 1. The van der Waals surface area contributed by atoms with E-state index in [1.807, 2.05) is 13.0 Å². The molecule has 1 atom stereocenters. The van der Waals surface area contributed by atoms with Gasteiger partial charge in [-0.3, -0.25) is 0 Å². The molecule has 1 N–H and O–H groups in total. The molecule has 1 aromatic heterocycles. The minimum atomic E-state index is 0.245. The number of rotatable bonds is 4. The lowest BCUT2D eigenvalue weighted by atomic mass is 10.3. The number of methoxy groups -OCH3 is 1. The van der Waals surface area contributed by atoms with Crippen molar-refractivity contribution in [1.29, 1.82) is 0 Å². The zero-order chi connectivity index (χ0) is 10.6. The molecule has 1 unspecified atom stereocenters. The number of ether oxygens (including phenoxy) is 1. The average molecular weight is 280 g/mol. The quantitative estimate of drug-likeness (QED) is 0.861. The van der Waals surface area contributed by atoms with Gasteiger partial charge in [0, 0.05) is 13.2 Å². The van der Waals surface area contributed by atoms with E-state index in [0.29, 0.717) is 11.8 Å². The van der Waals surface area contributed by atoms with Crippen LogP contribution in [0.4, 0.5) is 5.69 Å². The van der Waals surface area contributed by atoms with E-state index >= 15 is 0 Å². The molecule has 3 nitrogen and oxygen atoms in total. The molecule has 0 aromatic carbocycles. The Morgan fingerprint density at radius 2 is 2.43 bits per heavy atom. The summed E-state index contributed by atoms with van der Waals surface area (Å²) in [5.74, 6) is 0. The maximum atomic E-state index is 5.77. The normalized spacial score (nSPS) is 12.6. The van der Waals surface area contributed by atoms with Gasteiger partial charge in [0.1, 0.15) is 5.15 Å². The van der Waals surface area contributed by atoms with Crippen LogP contribution in [0.2, 0.25) is 5.15 Å². The first-order chi connectivity index (χ1) is 6.63. The Hall–Kier alpha value is -0.320. The molecule has 0 aliphatic heterocycles. The Labute approximate surface area is 96.9 Å². The predicted octanol–water partition coefficient (Wildman–Crippen LogP) is 2.94. The van der Waals surface area contributed by atoms with E-state index in [4.69, 9.17) is 16.3 Å². The van der Waals surface area contributed by atoms with Gasteiger partial charge in [-0.15, -0.1) is 0 Å². The molecule has 0 fully saturated rings. The fourth-order valence-electron chi connectivity index (χ4n) is 1.08. The van der Waals surface area contributed by atoms with Gasteiger partial charge in [-0.2, -0.15) is 0 Å². The topological polar surface area (TPSA) is 34.1 Å². The van der Waals surface area contributed by atoms with E-state index in [0.717, 1.165) is 10.2 Å². The summed E-state index contributed by atoms with van der Waals surface area (Å²) in [4.78, 5) is 4.01. The molecule has 5 heteroatoms. The highest BCUT2D eigenvalue weighted by Crippen LogP contribution is 2.23. The lowest BCUT2D eigenvalue weighted by Gasteiger charge is -2.13. The molecule has 14 heavy (non-hydrogen) atoms. The summed E-state index contributed by atoms with van der Waals surface area (Å²) in [7, 11) is 1.67. The molecule has 1 heterocycles. The third-order valence-corrected chi connectivity index (χ3v) is 2.76. The van der Waals surface area contributed by atoms with E-state index in [-0.39, 0.29) is 6.04 Å². The van der Waals surface area contributed by atoms with E-state index in [1.165, 1.54) is 0 Å². The highest BCUT2D eigenvalue weighted by atomic mass is 79.9. The molecule has 0 aliphatic carbocycles. The molecule has 0 spiro atoms. The molecule has 0 saturated heterocycles. The van der Waals surface area contributed by atoms with Crippen LogP contribution in [0, 0.1) is 0 Å². The largest absolute Gasteiger partial charge is 0.383 e. The highest BCUT2D eigenvalue weighted by Gasteiger charge is 2.03. The Bertz CT molecular complexity index is 309. The molecule has 0 saturated carbocycles. The van der Waals surface area contributed by atoms with Crippen LogP contribution in [0.3, 0.4) is 0 Å². The molecule has 0 bridgehead atoms. The standard InChI is InChI=1S/C9H12BrClN2O/c1-6(5-14-2)13-7-3-8(10)9(11)12-4-7/h3-4,6,13H,5H2,1-2H3. The van der Waals surface area contributed by atoms with Crippen LogP contribution in [0.1, 0.15) is 6.92 Å². The van der Waals surface area contributed by atoms with Gasteiger partial charge < -0.3 is 10.1 Å². The van der Waals surface area contributed by atoms with Crippen molar-refractivity contribution in [2.24, 2.45) is 0 Å². The Kier molecular flexibility index (Phi) is 4.65. The fraction of sp³-hybridized carbons (Fsp3) is 0.444. The minimum Gasteiger partial charge on any atom is -0.383 e. The first-order valence-electron chi connectivity index (χ1n) is 4.20. The van der Waals surface area contributed by atoms with Crippen LogP contribution in [0.15, 0.2) is 16.7 Å². The predicted molar refractivity (Wildman–Crippen MR) is 61.9 cm³/mol. The monoisotopic (exact) mass is 278 g/mol. The van der Waals surface area contributed by atoms with E-state index in [9.17, 15) is 0 Å². The highest BCUT2D eigenvalue weighted by molar-refractivity contribution is 9.10. The second kappa shape index (κ2) is 5.53. The molecule has 0 amide bonds. The van der Waals surface area contributed by atoms with Crippen molar-refractivity contribution in [2.75, 3.05) is 19.0 Å². The van der Waals surface area contributed by atoms with Crippen LogP contribution in [0.25, 0.3) is 0 Å². The molecule has 78 valence electrons. The zero-order valence-corrected chi connectivity index (χ0v) is 10.4. The van der Waals surface area contributed by atoms with Crippen molar-refractivity contribution < 1.29 is 4.74 Å². The summed E-state index contributed by atoms with van der Waals surface area (Å²) < 4.78 is 5.80. The number of aromatic nitrogens is 1. The van der Waals surface area contributed by atoms with Crippen molar-refractivity contribution in [3.05, 3.63) is 21.9 Å². The number of nitrogens with one attached hydrogen (secondary N) is 1. The summed E-state index contributed by atoms with van der Waals surface area (Å²) in [6.07, 6.45) is 1.69. The SMILES string of the molecule is COCC(C)Nc1cnc(Cl)c(Br)c1. The molecule has 1 rings (SSSR count). The van der Waals surface area contributed by atoms with Gasteiger partial charge >= 0.3 is 0 Å². The maximum absolute atomic E-state index is 5.77. The number of hydrogen-bond acceptors (Lipinski definition) is 3. The van der Waals surface area contributed by atoms with Crippen molar-refractivity contribution in [3.63, 3.8) is 0 Å². The Morgan fingerprint density at radius 3 is 3.00 bits per heavy atom. The fourth-order valence-corrected chi connectivity index (χ4v) is 1.53. The first-order valence-corrected chi connectivity index (χ1v) is 5.37. The zero-order valence-electron chi connectivity index (χ0n) is 8.05. The van der Waals surface area contributed by atoms with Crippen LogP contribution in [-0.2, 0) is 4.74 Å². The van der Waals surface area contributed by atoms with Crippen LogP contribution in [0.5, 0.6) is 0 Å². The third-order valence-electron chi connectivity index (χ3n) is 1.63. The molecule has 0 radical (unpaired) electrons. The molecular formula is C9H12BrClN2O. The Balaban J connectivity index is 2.63. The molecular weight excluding hydrogens is 267 g/mol. The van der Waals surface area contributed by atoms with Gasteiger partial charge in [0.2, 0.25) is 0 Å². The second-order valence-corrected chi connectivity index (χ2v) is 4.21. The summed E-state index contributed by atoms with van der Waals surface area (Å²) in [6, 6.07) is 2.14. The van der Waals surface area contributed by atoms with Gasteiger partial charge in [0.25, 0.3) is 0 Å². The summed E-state index contributed by atoms with van der Waals surface area (Å²) in [6.45, 7) is 2.69. The van der Waals surface area contributed by atoms with Crippen LogP contribution >= 0.6 is 27.5 Å². The smallest absolute Gasteiger partial charge is 0.143 e. The van der Waals surface area contributed by atoms with Crippen LogP contribution in [-0.4, -0.2) is 24.7 Å². The van der Waals surface area contributed by atoms with Crippen molar-refractivity contribution in [2.45, 2.75) is 13.0 Å². The summed E-state index contributed by atoms with van der Waals surface area (Å²) in [5.41, 5.74) is 0.922. The minimum absolute atomic E-state index is 0.245. The average Bonchev–Trinajstić information content (AvgIpc) is 2.12. The third kappa shape index (κ3) is 3.44. The number of hydrogen-bond donors (Lipinski definition) is 1. The van der Waals surface area contributed by atoms with E-state index in [2.05, 4.69) is 26.2 Å². The van der Waals surface area contributed by atoms with Gasteiger partial charge in [-0.05, 0) is 28.9 Å². The van der Waals surface area contributed by atoms with E-state index < -0.39 is 0 Å². The summed E-state index contributed by atoms with van der Waals surface area (Å²) >= 11 is 9.08. The Morgan fingerprint density at radius 1 is 1.71 bits per heavy atom. The first kappa shape index (κ1) is 11.8. The molecule has 0 aliphatic rings. The number of anilines is 1. The van der Waals surface area contributed by atoms with Gasteiger partial charge in [0.05, 0.1) is 23.0 Å². The van der Waals surface area contributed by atoms with Crippen molar-refractivity contribution >= 4 is 33.2 Å². The van der Waals surface area contributed by atoms with Crippen molar-refractivity contribution in [3.8, 4) is 0 Å². The van der Waals surface area contributed by atoms with Gasteiger partial charge in [-0.25, -0.2) is 4.98 Å². The van der Waals surface area contributed by atoms with E-state index in [1.54, 1.807) is 13.3 Å². The number of pyridine rings is 1. The maximum Gasteiger partial charge on any atom is 0.143 e.